The summed E-state index contributed by atoms with van der Waals surface area (Å²) in [6.45, 7) is 3.11. The fourth-order valence-corrected chi connectivity index (χ4v) is 3.87. The number of hydrogen-bond donors (Lipinski definition) is 1. The molecule has 5 nitrogen and oxygen atoms in total. The van der Waals surface area contributed by atoms with E-state index in [4.69, 9.17) is 4.74 Å². The summed E-state index contributed by atoms with van der Waals surface area (Å²) in [6.07, 6.45) is 4.94. The highest BCUT2D eigenvalue weighted by molar-refractivity contribution is 6.00. The van der Waals surface area contributed by atoms with Gasteiger partial charge in [-0.25, -0.2) is 8.78 Å². The van der Waals surface area contributed by atoms with Gasteiger partial charge in [0.2, 0.25) is 11.8 Å². The molecule has 2 amide bonds. The first-order valence-electron chi connectivity index (χ1n) is 9.60. The van der Waals surface area contributed by atoms with Crippen molar-refractivity contribution in [2.75, 3.05) is 24.6 Å². The maximum absolute atomic E-state index is 13.9. The van der Waals surface area contributed by atoms with Crippen LogP contribution in [-0.4, -0.2) is 37.6 Å². The zero-order chi connectivity index (χ0) is 19.4. The number of carbonyl (C=O) groups excluding carboxylic acids is 2. The van der Waals surface area contributed by atoms with Crippen LogP contribution in [0.5, 0.6) is 0 Å². The molecule has 3 rings (SSSR count). The number of amides is 2. The highest BCUT2D eigenvalue weighted by atomic mass is 19.1. The van der Waals surface area contributed by atoms with Crippen LogP contribution in [0.25, 0.3) is 0 Å². The molecule has 27 heavy (non-hydrogen) atoms. The molecule has 0 bridgehead atoms. The molecule has 2 fully saturated rings. The van der Waals surface area contributed by atoms with Crippen LogP contribution in [-0.2, 0) is 14.3 Å². The van der Waals surface area contributed by atoms with E-state index in [2.05, 4.69) is 12.2 Å². The van der Waals surface area contributed by atoms with Crippen LogP contribution in [0.1, 0.15) is 39.0 Å². The van der Waals surface area contributed by atoms with Crippen molar-refractivity contribution in [3.8, 4) is 0 Å². The topological polar surface area (TPSA) is 58.6 Å². The molecule has 1 saturated heterocycles. The summed E-state index contributed by atoms with van der Waals surface area (Å²) >= 11 is 0. The summed E-state index contributed by atoms with van der Waals surface area (Å²) in [7, 11) is 0. The normalized spacial score (nSPS) is 25.7. The van der Waals surface area contributed by atoms with E-state index in [1.165, 1.54) is 30.2 Å². The van der Waals surface area contributed by atoms with Crippen LogP contribution in [0, 0.1) is 23.5 Å². The second kappa shape index (κ2) is 8.78. The summed E-state index contributed by atoms with van der Waals surface area (Å²) in [6, 6.07) is 3.06. The lowest BCUT2D eigenvalue weighted by atomic mass is 9.88. The first kappa shape index (κ1) is 19.7. The largest absolute Gasteiger partial charge is 0.376 e. The van der Waals surface area contributed by atoms with Crippen molar-refractivity contribution in [2.24, 2.45) is 11.8 Å². The molecule has 1 aromatic rings. The van der Waals surface area contributed by atoms with Gasteiger partial charge < -0.3 is 15.0 Å². The van der Waals surface area contributed by atoms with E-state index in [-0.39, 0.29) is 36.6 Å². The predicted octanol–water partition coefficient (Wildman–Crippen LogP) is 3.03. The standard InChI is InChI=1S/C20H26F2N2O3/c1-13-4-2-3-5-18(13)27-9-8-23-20(26)14-10-19(25)24(12-14)17-7-6-15(21)11-16(17)22/h6-7,11,13-14,18H,2-5,8-10,12H2,1H3,(H,23,26). The zero-order valence-corrected chi connectivity index (χ0v) is 15.5. The smallest absolute Gasteiger partial charge is 0.227 e. The van der Waals surface area contributed by atoms with Crippen molar-refractivity contribution in [1.82, 2.24) is 5.32 Å². The number of nitrogens with one attached hydrogen (secondary N) is 1. The summed E-state index contributed by atoms with van der Waals surface area (Å²) in [5.41, 5.74) is 0.00585. The Hall–Kier alpha value is -2.02. The van der Waals surface area contributed by atoms with Gasteiger partial charge in [0.1, 0.15) is 11.6 Å². The summed E-state index contributed by atoms with van der Waals surface area (Å²) < 4.78 is 32.8. The fraction of sp³-hybridized carbons (Fsp3) is 0.600. The third-order valence-corrected chi connectivity index (χ3v) is 5.46. The van der Waals surface area contributed by atoms with Gasteiger partial charge in [-0.05, 0) is 30.9 Å². The molecular formula is C20H26F2N2O3. The number of rotatable bonds is 6. The van der Waals surface area contributed by atoms with Crippen molar-refractivity contribution in [2.45, 2.75) is 45.1 Å². The number of hydrogen-bond acceptors (Lipinski definition) is 3. The SMILES string of the molecule is CC1CCCCC1OCCNC(=O)C1CC(=O)N(c2ccc(F)cc2F)C1. The number of nitrogens with zero attached hydrogens (tertiary/aromatic N) is 1. The Labute approximate surface area is 158 Å². The highest BCUT2D eigenvalue weighted by Gasteiger charge is 2.36. The minimum Gasteiger partial charge on any atom is -0.376 e. The number of benzene rings is 1. The molecule has 2 aliphatic rings. The van der Waals surface area contributed by atoms with Gasteiger partial charge in [0.25, 0.3) is 0 Å². The molecule has 7 heteroatoms. The monoisotopic (exact) mass is 380 g/mol. The first-order valence-corrected chi connectivity index (χ1v) is 9.60. The summed E-state index contributed by atoms with van der Waals surface area (Å²) in [5, 5.41) is 2.80. The number of anilines is 1. The van der Waals surface area contributed by atoms with Gasteiger partial charge >= 0.3 is 0 Å². The molecule has 148 valence electrons. The molecule has 0 radical (unpaired) electrons. The Morgan fingerprint density at radius 3 is 2.81 bits per heavy atom. The highest BCUT2D eigenvalue weighted by Crippen LogP contribution is 2.28. The average molecular weight is 380 g/mol. The predicted molar refractivity (Wildman–Crippen MR) is 97.2 cm³/mol. The molecule has 1 aliphatic heterocycles. The van der Waals surface area contributed by atoms with Gasteiger partial charge in [0.05, 0.1) is 24.3 Å². The zero-order valence-electron chi connectivity index (χ0n) is 15.5. The molecule has 1 saturated carbocycles. The second-order valence-corrected chi connectivity index (χ2v) is 7.46. The van der Waals surface area contributed by atoms with Crippen molar-refractivity contribution in [3.63, 3.8) is 0 Å². The van der Waals surface area contributed by atoms with Gasteiger partial charge in [0.15, 0.2) is 0 Å². The van der Waals surface area contributed by atoms with Gasteiger partial charge in [-0.1, -0.05) is 19.8 Å². The maximum atomic E-state index is 13.9. The third kappa shape index (κ3) is 4.83. The first-order chi connectivity index (χ1) is 13.0. The van der Waals surface area contributed by atoms with E-state index in [0.29, 0.717) is 19.1 Å². The second-order valence-electron chi connectivity index (χ2n) is 7.46. The van der Waals surface area contributed by atoms with E-state index < -0.39 is 17.6 Å². The van der Waals surface area contributed by atoms with Crippen LogP contribution in [0.2, 0.25) is 0 Å². The molecule has 1 N–H and O–H groups in total. The number of ether oxygens (including phenoxy) is 1. The molecule has 1 aromatic carbocycles. The number of carbonyl (C=O) groups is 2. The van der Waals surface area contributed by atoms with Gasteiger partial charge in [-0.2, -0.15) is 0 Å². The third-order valence-electron chi connectivity index (χ3n) is 5.46. The molecule has 0 spiro atoms. The molecule has 1 heterocycles. The molecule has 0 aromatic heterocycles. The van der Waals surface area contributed by atoms with Crippen LogP contribution in [0.3, 0.4) is 0 Å². The molecular weight excluding hydrogens is 354 g/mol. The summed E-state index contributed by atoms with van der Waals surface area (Å²) in [4.78, 5) is 25.7. The van der Waals surface area contributed by atoms with Gasteiger partial charge in [-0.15, -0.1) is 0 Å². The Bertz CT molecular complexity index is 698. The van der Waals surface area contributed by atoms with E-state index in [1.807, 2.05) is 0 Å². The Balaban J connectivity index is 1.46. The number of halogens is 2. The fourth-order valence-electron chi connectivity index (χ4n) is 3.87. The minimum atomic E-state index is -0.806. The van der Waals surface area contributed by atoms with Crippen LogP contribution >= 0.6 is 0 Å². The molecule has 3 unspecified atom stereocenters. The lowest BCUT2D eigenvalue weighted by Gasteiger charge is -2.28. The van der Waals surface area contributed by atoms with Gasteiger partial charge in [-0.3, -0.25) is 9.59 Å². The Morgan fingerprint density at radius 2 is 2.07 bits per heavy atom. The average Bonchev–Trinajstić information content (AvgIpc) is 3.01. The quantitative estimate of drug-likeness (QED) is 0.772. The van der Waals surface area contributed by atoms with Crippen LogP contribution in [0.4, 0.5) is 14.5 Å². The van der Waals surface area contributed by atoms with Crippen LogP contribution < -0.4 is 10.2 Å². The van der Waals surface area contributed by atoms with Gasteiger partial charge in [0, 0.05) is 25.6 Å². The Kier molecular flexibility index (Phi) is 6.42. The molecule has 1 aliphatic carbocycles. The lowest BCUT2D eigenvalue weighted by molar-refractivity contribution is -0.126. The van der Waals surface area contributed by atoms with E-state index in [0.717, 1.165) is 18.6 Å². The van der Waals surface area contributed by atoms with Crippen molar-refractivity contribution in [1.29, 1.82) is 0 Å². The van der Waals surface area contributed by atoms with Crippen molar-refractivity contribution >= 4 is 17.5 Å². The summed E-state index contributed by atoms with van der Waals surface area (Å²) in [5.74, 6) is -2.10. The van der Waals surface area contributed by atoms with Crippen molar-refractivity contribution in [3.05, 3.63) is 29.8 Å². The van der Waals surface area contributed by atoms with Crippen LogP contribution in [0.15, 0.2) is 18.2 Å². The molecule has 3 atom stereocenters. The Morgan fingerprint density at radius 1 is 1.30 bits per heavy atom. The van der Waals surface area contributed by atoms with Crippen molar-refractivity contribution < 1.29 is 23.1 Å². The van der Waals surface area contributed by atoms with E-state index >= 15 is 0 Å². The van der Waals surface area contributed by atoms with E-state index in [1.54, 1.807) is 0 Å². The lowest BCUT2D eigenvalue weighted by Crippen LogP contribution is -2.36. The van der Waals surface area contributed by atoms with E-state index in [9.17, 15) is 18.4 Å². The maximum Gasteiger partial charge on any atom is 0.227 e. The minimum absolute atomic E-state index is 0.00585.